The standard InChI is InChI=1S/C14H9FN2O3S/c1-7-4-10-12(16-6-17-13(10)21-7)20-11-3-2-8(15)5-9(11)14(18)19/h2-6H,1H3,(H,18,19). The molecule has 0 aliphatic heterocycles. The first-order valence-corrected chi connectivity index (χ1v) is 6.78. The van der Waals surface area contributed by atoms with Crippen LogP contribution in [0.2, 0.25) is 0 Å². The van der Waals surface area contributed by atoms with Gasteiger partial charge in [-0.15, -0.1) is 11.3 Å². The van der Waals surface area contributed by atoms with E-state index < -0.39 is 11.8 Å². The highest BCUT2D eigenvalue weighted by molar-refractivity contribution is 7.18. The third-order valence-electron chi connectivity index (χ3n) is 2.79. The lowest BCUT2D eigenvalue weighted by Crippen LogP contribution is -2.01. The second kappa shape index (κ2) is 5.10. The Morgan fingerprint density at radius 2 is 2.14 bits per heavy atom. The molecular formula is C14H9FN2O3S. The van der Waals surface area contributed by atoms with Gasteiger partial charge in [-0.2, -0.15) is 0 Å². The van der Waals surface area contributed by atoms with Gasteiger partial charge in [0.15, 0.2) is 0 Å². The SMILES string of the molecule is Cc1cc2c(Oc3ccc(F)cc3C(=O)O)ncnc2s1. The van der Waals surface area contributed by atoms with Crippen LogP contribution in [-0.2, 0) is 0 Å². The summed E-state index contributed by atoms with van der Waals surface area (Å²) in [5.74, 6) is -1.62. The largest absolute Gasteiger partial charge is 0.478 e. The van der Waals surface area contributed by atoms with Crippen molar-refractivity contribution < 1.29 is 19.0 Å². The summed E-state index contributed by atoms with van der Waals surface area (Å²) in [6.07, 6.45) is 1.34. The van der Waals surface area contributed by atoms with Crippen molar-refractivity contribution >= 4 is 27.5 Å². The van der Waals surface area contributed by atoms with Crippen LogP contribution in [0.1, 0.15) is 15.2 Å². The van der Waals surface area contributed by atoms with Crippen LogP contribution in [0.4, 0.5) is 4.39 Å². The fourth-order valence-electron chi connectivity index (χ4n) is 1.90. The molecule has 0 spiro atoms. The molecule has 0 amide bonds. The van der Waals surface area contributed by atoms with E-state index in [1.807, 2.05) is 13.0 Å². The first kappa shape index (κ1) is 13.4. The lowest BCUT2D eigenvalue weighted by molar-refractivity contribution is 0.0693. The van der Waals surface area contributed by atoms with Crippen LogP contribution in [0.5, 0.6) is 11.6 Å². The molecule has 0 unspecified atom stereocenters. The van der Waals surface area contributed by atoms with Crippen LogP contribution >= 0.6 is 11.3 Å². The number of rotatable bonds is 3. The summed E-state index contributed by atoms with van der Waals surface area (Å²) in [7, 11) is 0. The number of nitrogens with zero attached hydrogens (tertiary/aromatic N) is 2. The van der Waals surface area contributed by atoms with E-state index in [1.54, 1.807) is 0 Å². The first-order chi connectivity index (χ1) is 10.0. The quantitative estimate of drug-likeness (QED) is 0.800. The Balaban J connectivity index is 2.08. The number of thiophene rings is 1. The molecule has 1 N–H and O–H groups in total. The number of ether oxygens (including phenoxy) is 1. The highest BCUT2D eigenvalue weighted by atomic mass is 32.1. The van der Waals surface area contributed by atoms with Gasteiger partial charge in [0, 0.05) is 4.88 Å². The minimum Gasteiger partial charge on any atom is -0.478 e. The topological polar surface area (TPSA) is 72.3 Å². The second-order valence-electron chi connectivity index (χ2n) is 4.30. The van der Waals surface area contributed by atoms with Gasteiger partial charge in [0.25, 0.3) is 0 Å². The van der Waals surface area contributed by atoms with Crippen molar-refractivity contribution in [2.24, 2.45) is 0 Å². The summed E-state index contributed by atoms with van der Waals surface area (Å²) in [5.41, 5.74) is -0.256. The average molecular weight is 304 g/mol. The number of aryl methyl sites for hydroxylation is 1. The fourth-order valence-corrected chi connectivity index (χ4v) is 2.74. The summed E-state index contributed by atoms with van der Waals surface area (Å²) in [4.78, 5) is 21.1. The second-order valence-corrected chi connectivity index (χ2v) is 5.54. The van der Waals surface area contributed by atoms with Crippen molar-refractivity contribution in [1.29, 1.82) is 0 Å². The van der Waals surface area contributed by atoms with Crippen molar-refractivity contribution in [2.45, 2.75) is 6.92 Å². The van der Waals surface area contributed by atoms with Gasteiger partial charge in [-0.3, -0.25) is 0 Å². The Labute approximate surface area is 122 Å². The van der Waals surface area contributed by atoms with Gasteiger partial charge in [0.2, 0.25) is 5.88 Å². The third-order valence-corrected chi connectivity index (χ3v) is 3.75. The average Bonchev–Trinajstić information content (AvgIpc) is 2.82. The molecule has 1 aromatic carbocycles. The smallest absolute Gasteiger partial charge is 0.339 e. The number of hydrogen-bond acceptors (Lipinski definition) is 5. The van der Waals surface area contributed by atoms with Crippen LogP contribution in [-0.4, -0.2) is 21.0 Å². The summed E-state index contributed by atoms with van der Waals surface area (Å²) in [6.45, 7) is 1.93. The number of carboxylic acids is 1. The summed E-state index contributed by atoms with van der Waals surface area (Å²) >= 11 is 1.48. The lowest BCUT2D eigenvalue weighted by atomic mass is 10.2. The number of hydrogen-bond donors (Lipinski definition) is 1. The van der Waals surface area contributed by atoms with E-state index in [9.17, 15) is 9.18 Å². The van der Waals surface area contributed by atoms with E-state index >= 15 is 0 Å². The molecule has 106 valence electrons. The highest BCUT2D eigenvalue weighted by Gasteiger charge is 2.16. The molecule has 3 aromatic rings. The molecule has 0 atom stereocenters. The van der Waals surface area contributed by atoms with Crippen molar-refractivity contribution in [3.8, 4) is 11.6 Å². The maximum atomic E-state index is 13.2. The van der Waals surface area contributed by atoms with Gasteiger partial charge in [-0.1, -0.05) is 0 Å². The van der Waals surface area contributed by atoms with E-state index in [4.69, 9.17) is 9.84 Å². The normalized spacial score (nSPS) is 10.8. The molecule has 0 saturated carbocycles. The van der Waals surface area contributed by atoms with Crippen LogP contribution in [0.3, 0.4) is 0 Å². The molecule has 3 rings (SSSR count). The number of benzene rings is 1. The van der Waals surface area contributed by atoms with Gasteiger partial charge in [-0.05, 0) is 31.2 Å². The summed E-state index contributed by atoms with van der Waals surface area (Å²) < 4.78 is 18.7. The van der Waals surface area contributed by atoms with Crippen molar-refractivity contribution in [1.82, 2.24) is 9.97 Å². The zero-order valence-electron chi connectivity index (χ0n) is 10.8. The molecule has 0 radical (unpaired) electrons. The minimum atomic E-state index is -1.27. The number of aromatic carboxylic acids is 1. The molecule has 0 bridgehead atoms. The molecule has 7 heteroatoms. The third kappa shape index (κ3) is 2.55. The molecular weight excluding hydrogens is 295 g/mol. The van der Waals surface area contributed by atoms with Crippen LogP contribution in [0.25, 0.3) is 10.2 Å². The van der Waals surface area contributed by atoms with Crippen LogP contribution < -0.4 is 4.74 Å². The number of halogens is 1. The fraction of sp³-hybridized carbons (Fsp3) is 0.0714. The van der Waals surface area contributed by atoms with Crippen molar-refractivity contribution in [2.75, 3.05) is 0 Å². The van der Waals surface area contributed by atoms with Crippen LogP contribution in [0, 0.1) is 12.7 Å². The van der Waals surface area contributed by atoms with E-state index in [0.29, 0.717) is 5.39 Å². The van der Waals surface area contributed by atoms with Crippen molar-refractivity contribution in [3.63, 3.8) is 0 Å². The van der Waals surface area contributed by atoms with E-state index in [2.05, 4.69) is 9.97 Å². The van der Waals surface area contributed by atoms with Gasteiger partial charge in [0.1, 0.15) is 28.3 Å². The Hall–Kier alpha value is -2.54. The Morgan fingerprint density at radius 1 is 1.33 bits per heavy atom. The molecule has 0 aliphatic rings. The number of carboxylic acid groups (broad SMARTS) is 1. The first-order valence-electron chi connectivity index (χ1n) is 5.96. The van der Waals surface area contributed by atoms with E-state index in [1.165, 1.54) is 23.7 Å². The van der Waals surface area contributed by atoms with E-state index in [-0.39, 0.29) is 17.2 Å². The van der Waals surface area contributed by atoms with Crippen molar-refractivity contribution in [3.05, 3.63) is 46.9 Å². The maximum absolute atomic E-state index is 13.2. The monoisotopic (exact) mass is 304 g/mol. The summed E-state index contributed by atoms with van der Waals surface area (Å²) in [5, 5.41) is 9.80. The predicted molar refractivity (Wildman–Crippen MR) is 75.6 cm³/mol. The number of aromatic nitrogens is 2. The van der Waals surface area contributed by atoms with Gasteiger partial charge < -0.3 is 9.84 Å². The minimum absolute atomic E-state index is 0.0350. The molecule has 0 fully saturated rings. The molecule has 2 heterocycles. The zero-order chi connectivity index (χ0) is 15.0. The molecule has 21 heavy (non-hydrogen) atoms. The lowest BCUT2D eigenvalue weighted by Gasteiger charge is -2.08. The number of carbonyl (C=O) groups is 1. The van der Waals surface area contributed by atoms with Gasteiger partial charge in [0.05, 0.1) is 5.39 Å². The van der Waals surface area contributed by atoms with Gasteiger partial charge in [-0.25, -0.2) is 19.2 Å². The van der Waals surface area contributed by atoms with Crippen LogP contribution in [0.15, 0.2) is 30.6 Å². The van der Waals surface area contributed by atoms with E-state index in [0.717, 1.165) is 21.8 Å². The maximum Gasteiger partial charge on any atom is 0.339 e. The molecule has 5 nitrogen and oxygen atoms in total. The molecule has 0 aliphatic carbocycles. The number of fused-ring (bicyclic) bond motifs is 1. The predicted octanol–water partition coefficient (Wildman–Crippen LogP) is 3.63. The Morgan fingerprint density at radius 3 is 2.90 bits per heavy atom. The molecule has 2 aromatic heterocycles. The summed E-state index contributed by atoms with van der Waals surface area (Å²) in [6, 6.07) is 5.18. The van der Waals surface area contributed by atoms with Gasteiger partial charge >= 0.3 is 5.97 Å². The Kier molecular flexibility index (Phi) is 3.26. The highest BCUT2D eigenvalue weighted by Crippen LogP contribution is 2.33. The molecule has 0 saturated heterocycles. The Bertz CT molecular complexity index is 847. The zero-order valence-corrected chi connectivity index (χ0v) is 11.6.